The highest BCUT2D eigenvalue weighted by molar-refractivity contribution is 5.85. The molecule has 1 rings (SSSR count). The Bertz CT molecular complexity index is 239. The number of ether oxygens (including phenoxy) is 1. The second-order valence-electron chi connectivity index (χ2n) is 5.14. The zero-order valence-corrected chi connectivity index (χ0v) is 12.7. The van der Waals surface area contributed by atoms with Gasteiger partial charge in [-0.25, -0.2) is 0 Å². The van der Waals surface area contributed by atoms with Gasteiger partial charge in [-0.15, -0.1) is 12.4 Å². The molecule has 1 aliphatic heterocycles. The monoisotopic (exact) mass is 293 g/mol. The quantitative estimate of drug-likeness (QED) is 0.506. The molecule has 19 heavy (non-hydrogen) atoms. The maximum Gasteiger partial charge on any atom is 0.323 e. The fourth-order valence-electron chi connectivity index (χ4n) is 2.23. The molecule has 0 saturated carbocycles. The van der Waals surface area contributed by atoms with E-state index < -0.39 is 6.10 Å². The van der Waals surface area contributed by atoms with Crippen LogP contribution in [0.25, 0.3) is 0 Å². The van der Waals surface area contributed by atoms with E-state index in [1.807, 2.05) is 0 Å². The lowest BCUT2D eigenvalue weighted by atomic mass is 10.1. The van der Waals surface area contributed by atoms with Gasteiger partial charge in [0.1, 0.15) is 6.04 Å². The highest BCUT2D eigenvalue weighted by Crippen LogP contribution is 2.09. The molecule has 2 N–H and O–H groups in total. The Labute approximate surface area is 122 Å². The van der Waals surface area contributed by atoms with E-state index >= 15 is 0 Å². The van der Waals surface area contributed by atoms with Crippen LogP contribution >= 0.6 is 12.4 Å². The van der Waals surface area contributed by atoms with Crippen LogP contribution in [0.3, 0.4) is 0 Å². The third kappa shape index (κ3) is 8.45. The van der Waals surface area contributed by atoms with Gasteiger partial charge in [-0.2, -0.15) is 0 Å². The average Bonchev–Trinajstić information content (AvgIpc) is 2.79. The summed E-state index contributed by atoms with van der Waals surface area (Å²) in [7, 11) is 0. The third-order valence-electron chi connectivity index (χ3n) is 3.38. The number of hydrogen-bond acceptors (Lipinski definition) is 4. The van der Waals surface area contributed by atoms with Crippen molar-refractivity contribution in [2.45, 2.75) is 70.4 Å². The van der Waals surface area contributed by atoms with Crippen molar-refractivity contribution in [2.24, 2.45) is 0 Å². The number of carbonyl (C=O) groups excluding carboxylic acids is 1. The molecule has 0 aliphatic carbocycles. The summed E-state index contributed by atoms with van der Waals surface area (Å²) in [6.07, 6.45) is 8.61. The van der Waals surface area contributed by atoms with Gasteiger partial charge in [0.15, 0.2) is 0 Å². The Morgan fingerprint density at radius 2 is 1.84 bits per heavy atom. The minimum atomic E-state index is -0.402. The van der Waals surface area contributed by atoms with E-state index in [0.717, 1.165) is 12.8 Å². The number of halogens is 1. The van der Waals surface area contributed by atoms with E-state index in [9.17, 15) is 9.90 Å². The lowest BCUT2D eigenvalue weighted by Crippen LogP contribution is -2.32. The molecule has 2 atom stereocenters. The second-order valence-corrected chi connectivity index (χ2v) is 5.14. The molecule has 1 saturated heterocycles. The number of nitrogens with one attached hydrogen (secondary N) is 1. The molecule has 0 aromatic rings. The molecule has 1 heterocycles. The van der Waals surface area contributed by atoms with Crippen LogP contribution in [-0.4, -0.2) is 36.4 Å². The van der Waals surface area contributed by atoms with Gasteiger partial charge in [-0.05, 0) is 6.42 Å². The summed E-state index contributed by atoms with van der Waals surface area (Å²) in [4.78, 5) is 11.6. The van der Waals surface area contributed by atoms with Gasteiger partial charge in [0.05, 0.1) is 12.7 Å². The summed E-state index contributed by atoms with van der Waals surface area (Å²) in [6, 6.07) is -0.301. The summed E-state index contributed by atoms with van der Waals surface area (Å²) >= 11 is 0. The molecular formula is C14H28ClNO3. The molecule has 0 radical (unpaired) electrons. The number of esters is 1. The maximum absolute atomic E-state index is 11.6. The highest BCUT2D eigenvalue weighted by atomic mass is 35.5. The van der Waals surface area contributed by atoms with Gasteiger partial charge >= 0.3 is 5.97 Å². The average molecular weight is 294 g/mol. The largest absolute Gasteiger partial charge is 0.465 e. The number of aliphatic hydroxyl groups excluding tert-OH is 1. The van der Waals surface area contributed by atoms with Crippen LogP contribution in [-0.2, 0) is 9.53 Å². The first-order chi connectivity index (χ1) is 8.74. The van der Waals surface area contributed by atoms with E-state index in [0.29, 0.717) is 19.6 Å². The molecule has 0 amide bonds. The minimum absolute atomic E-state index is 0. The number of aliphatic hydroxyl groups is 1. The van der Waals surface area contributed by atoms with Crippen molar-refractivity contribution in [3.05, 3.63) is 0 Å². The van der Waals surface area contributed by atoms with E-state index in [1.54, 1.807) is 0 Å². The van der Waals surface area contributed by atoms with Crippen molar-refractivity contribution in [3.8, 4) is 0 Å². The van der Waals surface area contributed by atoms with Crippen molar-refractivity contribution in [3.63, 3.8) is 0 Å². The Hall–Kier alpha value is -0.320. The smallest absolute Gasteiger partial charge is 0.323 e. The first-order valence-corrected chi connectivity index (χ1v) is 7.32. The summed E-state index contributed by atoms with van der Waals surface area (Å²) in [5.41, 5.74) is 0. The summed E-state index contributed by atoms with van der Waals surface area (Å²) in [5.74, 6) is -0.211. The van der Waals surface area contributed by atoms with Gasteiger partial charge in [0.25, 0.3) is 0 Å². The summed E-state index contributed by atoms with van der Waals surface area (Å²) in [5, 5.41) is 12.2. The normalized spacial score (nSPS) is 22.0. The molecule has 0 unspecified atom stereocenters. The molecule has 5 heteroatoms. The standard InChI is InChI=1S/C14H27NO3.ClH/c1-2-3-4-5-6-7-8-9-18-14(17)13-10-12(16)11-15-13;/h12-13,15-16H,2-11H2,1H3;1H/t12-,13+;/m1./s1. The van der Waals surface area contributed by atoms with Crippen LogP contribution in [0.15, 0.2) is 0 Å². The van der Waals surface area contributed by atoms with Crippen molar-refractivity contribution in [1.82, 2.24) is 5.32 Å². The number of unbranched alkanes of at least 4 members (excludes halogenated alkanes) is 6. The SMILES string of the molecule is CCCCCCCCCOC(=O)[C@@H]1C[C@@H](O)CN1.Cl. The van der Waals surface area contributed by atoms with E-state index in [4.69, 9.17) is 4.74 Å². The molecule has 0 aromatic heterocycles. The molecule has 1 aliphatic rings. The van der Waals surface area contributed by atoms with Gasteiger partial charge in [-0.3, -0.25) is 4.79 Å². The fraction of sp³-hybridized carbons (Fsp3) is 0.929. The van der Waals surface area contributed by atoms with Crippen LogP contribution in [0.5, 0.6) is 0 Å². The van der Waals surface area contributed by atoms with E-state index in [-0.39, 0.29) is 24.4 Å². The number of rotatable bonds is 9. The van der Waals surface area contributed by atoms with Crippen LogP contribution in [0, 0.1) is 0 Å². The zero-order valence-electron chi connectivity index (χ0n) is 11.9. The Morgan fingerprint density at radius 1 is 1.21 bits per heavy atom. The summed E-state index contributed by atoms with van der Waals surface area (Å²) in [6.45, 7) is 3.23. The predicted molar refractivity (Wildman–Crippen MR) is 78.6 cm³/mol. The highest BCUT2D eigenvalue weighted by Gasteiger charge is 2.28. The Kier molecular flexibility index (Phi) is 11.3. The predicted octanol–water partition coefficient (Wildman–Crippen LogP) is 2.42. The van der Waals surface area contributed by atoms with Crippen molar-refractivity contribution in [1.29, 1.82) is 0 Å². The maximum atomic E-state index is 11.6. The molecular weight excluding hydrogens is 266 g/mol. The first kappa shape index (κ1) is 18.7. The topological polar surface area (TPSA) is 58.6 Å². The van der Waals surface area contributed by atoms with Crippen LogP contribution in [0.4, 0.5) is 0 Å². The van der Waals surface area contributed by atoms with Gasteiger partial charge in [0.2, 0.25) is 0 Å². The van der Waals surface area contributed by atoms with Crippen molar-refractivity contribution < 1.29 is 14.6 Å². The molecule has 0 bridgehead atoms. The van der Waals surface area contributed by atoms with E-state index in [2.05, 4.69) is 12.2 Å². The van der Waals surface area contributed by atoms with Crippen LogP contribution in [0.2, 0.25) is 0 Å². The zero-order chi connectivity index (χ0) is 13.2. The molecule has 0 spiro atoms. The minimum Gasteiger partial charge on any atom is -0.465 e. The van der Waals surface area contributed by atoms with Crippen LogP contribution in [0.1, 0.15) is 58.3 Å². The van der Waals surface area contributed by atoms with Gasteiger partial charge < -0.3 is 15.2 Å². The lowest BCUT2D eigenvalue weighted by Gasteiger charge is -2.10. The first-order valence-electron chi connectivity index (χ1n) is 7.32. The molecule has 1 fully saturated rings. The lowest BCUT2D eigenvalue weighted by molar-refractivity contribution is -0.146. The van der Waals surface area contributed by atoms with Crippen LogP contribution < -0.4 is 5.32 Å². The van der Waals surface area contributed by atoms with Gasteiger partial charge in [0, 0.05) is 13.0 Å². The molecule has 4 nitrogen and oxygen atoms in total. The van der Waals surface area contributed by atoms with E-state index in [1.165, 1.54) is 32.1 Å². The second kappa shape index (κ2) is 11.5. The Morgan fingerprint density at radius 3 is 2.42 bits per heavy atom. The van der Waals surface area contributed by atoms with Crippen molar-refractivity contribution in [2.75, 3.05) is 13.2 Å². The Balaban J connectivity index is 0.00000324. The molecule has 0 aromatic carbocycles. The number of β-amino-alcohol motifs (C(OH)–C–C–N with tert-alkyl or cyclic N) is 1. The third-order valence-corrected chi connectivity index (χ3v) is 3.38. The fourth-order valence-corrected chi connectivity index (χ4v) is 2.23. The summed E-state index contributed by atoms with van der Waals surface area (Å²) < 4.78 is 5.19. The number of carbonyl (C=O) groups is 1. The molecule has 114 valence electrons. The number of hydrogen-bond donors (Lipinski definition) is 2. The van der Waals surface area contributed by atoms with Crippen molar-refractivity contribution >= 4 is 18.4 Å². The van der Waals surface area contributed by atoms with Gasteiger partial charge in [-0.1, -0.05) is 45.4 Å².